The van der Waals surface area contributed by atoms with E-state index in [-0.39, 0.29) is 17.1 Å². The van der Waals surface area contributed by atoms with Gasteiger partial charge in [-0.2, -0.15) is 0 Å². The van der Waals surface area contributed by atoms with Gasteiger partial charge in [0.25, 0.3) is 11.6 Å². The maximum atomic E-state index is 13.1. The van der Waals surface area contributed by atoms with E-state index < -0.39 is 16.6 Å². The van der Waals surface area contributed by atoms with Gasteiger partial charge in [0, 0.05) is 11.6 Å². The van der Waals surface area contributed by atoms with E-state index >= 15 is 0 Å². The van der Waals surface area contributed by atoms with Crippen molar-refractivity contribution < 1.29 is 14.1 Å². The Morgan fingerprint density at radius 2 is 2.10 bits per heavy atom. The first-order valence-electron chi connectivity index (χ1n) is 5.65. The summed E-state index contributed by atoms with van der Waals surface area (Å²) in [4.78, 5) is 25.5. The maximum Gasteiger partial charge on any atom is 0.287 e. The Balaban J connectivity index is 2.14. The molecule has 0 radical (unpaired) electrons. The number of aromatic nitrogens is 1. The topological polar surface area (TPSA) is 85.1 Å². The summed E-state index contributed by atoms with van der Waals surface area (Å²) < 4.78 is 13.1. The number of aryl methyl sites for hydroxylation is 1. The highest BCUT2D eigenvalue weighted by Gasteiger charge is 2.10. The van der Waals surface area contributed by atoms with E-state index in [1.54, 1.807) is 6.92 Å². The lowest BCUT2D eigenvalue weighted by Crippen LogP contribution is -2.13. The fourth-order valence-corrected chi connectivity index (χ4v) is 1.54. The summed E-state index contributed by atoms with van der Waals surface area (Å²) in [5.74, 6) is -0.674. The second kappa shape index (κ2) is 5.43. The molecule has 0 saturated heterocycles. The van der Waals surface area contributed by atoms with Crippen molar-refractivity contribution in [3.05, 3.63) is 63.6 Å². The lowest BCUT2D eigenvalue weighted by Gasteiger charge is -2.05. The maximum absolute atomic E-state index is 13.1. The van der Waals surface area contributed by atoms with E-state index in [4.69, 9.17) is 0 Å². The Morgan fingerprint density at radius 1 is 1.35 bits per heavy atom. The van der Waals surface area contributed by atoms with E-state index in [1.807, 2.05) is 0 Å². The van der Waals surface area contributed by atoms with Crippen molar-refractivity contribution in [2.45, 2.75) is 6.92 Å². The predicted octanol–water partition coefficient (Wildman–Crippen LogP) is 2.69. The molecule has 102 valence electrons. The minimum absolute atomic E-state index is 0.166. The standard InChI is InChI=1S/C13H10FN3O3/c1-8-6-9(2-4-11(8)14)13(18)16-12-5-3-10(7-15-12)17(19)20/h2-7H,1H3,(H,15,16,18). The first-order chi connectivity index (χ1) is 9.47. The van der Waals surface area contributed by atoms with Crippen LogP contribution in [0.4, 0.5) is 15.9 Å². The van der Waals surface area contributed by atoms with Gasteiger partial charge < -0.3 is 5.32 Å². The largest absolute Gasteiger partial charge is 0.307 e. The normalized spacial score (nSPS) is 10.1. The molecule has 1 amide bonds. The van der Waals surface area contributed by atoms with Gasteiger partial charge in [-0.1, -0.05) is 0 Å². The first kappa shape index (κ1) is 13.6. The number of halogens is 1. The van der Waals surface area contributed by atoms with Gasteiger partial charge in [-0.15, -0.1) is 0 Å². The molecule has 1 heterocycles. The number of rotatable bonds is 3. The summed E-state index contributed by atoms with van der Waals surface area (Å²) in [6, 6.07) is 6.53. The number of anilines is 1. The van der Waals surface area contributed by atoms with Gasteiger partial charge in [0.15, 0.2) is 0 Å². The van der Waals surface area contributed by atoms with Crippen LogP contribution in [0, 0.1) is 22.9 Å². The van der Waals surface area contributed by atoms with Crippen molar-refractivity contribution in [2.24, 2.45) is 0 Å². The lowest BCUT2D eigenvalue weighted by atomic mass is 10.1. The molecule has 0 spiro atoms. The Bertz CT molecular complexity index is 671. The third-order valence-corrected chi connectivity index (χ3v) is 2.62. The van der Waals surface area contributed by atoms with Crippen LogP contribution in [0.1, 0.15) is 15.9 Å². The molecule has 6 nitrogen and oxygen atoms in total. The van der Waals surface area contributed by atoms with Crippen molar-refractivity contribution in [3.8, 4) is 0 Å². The highest BCUT2D eigenvalue weighted by atomic mass is 19.1. The summed E-state index contributed by atoms with van der Waals surface area (Å²) in [6.45, 7) is 1.55. The minimum atomic E-state index is -0.581. The number of amides is 1. The summed E-state index contributed by atoms with van der Waals surface area (Å²) in [6.07, 6.45) is 1.05. The molecule has 2 rings (SSSR count). The van der Waals surface area contributed by atoms with Crippen molar-refractivity contribution in [2.75, 3.05) is 5.32 Å². The van der Waals surface area contributed by atoms with Crippen LogP contribution in [0.5, 0.6) is 0 Å². The number of nitrogens with one attached hydrogen (secondary N) is 1. The smallest absolute Gasteiger partial charge is 0.287 e. The molecule has 0 saturated carbocycles. The zero-order valence-corrected chi connectivity index (χ0v) is 10.5. The fraction of sp³-hybridized carbons (Fsp3) is 0.0769. The number of carbonyl (C=O) groups is 1. The summed E-state index contributed by atoms with van der Waals surface area (Å²) >= 11 is 0. The van der Waals surface area contributed by atoms with Gasteiger partial charge in [-0.05, 0) is 36.8 Å². The summed E-state index contributed by atoms with van der Waals surface area (Å²) in [5, 5.41) is 12.9. The molecular formula is C13H10FN3O3. The van der Waals surface area contributed by atoms with Crippen molar-refractivity contribution in [1.29, 1.82) is 0 Å². The second-order valence-electron chi connectivity index (χ2n) is 4.08. The molecule has 1 aromatic heterocycles. The molecule has 0 fully saturated rings. The third kappa shape index (κ3) is 2.94. The zero-order valence-electron chi connectivity index (χ0n) is 10.5. The van der Waals surface area contributed by atoms with Crippen LogP contribution in [0.15, 0.2) is 36.5 Å². The van der Waals surface area contributed by atoms with Gasteiger partial charge in [0.05, 0.1) is 4.92 Å². The summed E-state index contributed by atoms with van der Waals surface area (Å²) in [7, 11) is 0. The molecule has 0 atom stereocenters. The number of nitro groups is 1. The van der Waals surface area contributed by atoms with Gasteiger partial charge in [0.2, 0.25) is 0 Å². The van der Waals surface area contributed by atoms with Crippen molar-refractivity contribution in [3.63, 3.8) is 0 Å². The molecule has 0 aliphatic carbocycles. The Kier molecular flexibility index (Phi) is 3.69. The Labute approximate surface area is 113 Å². The minimum Gasteiger partial charge on any atom is -0.307 e. The number of benzene rings is 1. The van der Waals surface area contributed by atoms with Crippen LogP contribution in [0.3, 0.4) is 0 Å². The van der Waals surface area contributed by atoms with Gasteiger partial charge in [0.1, 0.15) is 17.8 Å². The van der Waals surface area contributed by atoms with Crippen LogP contribution >= 0.6 is 0 Å². The van der Waals surface area contributed by atoms with Gasteiger partial charge in [-0.3, -0.25) is 14.9 Å². The Morgan fingerprint density at radius 3 is 2.65 bits per heavy atom. The van der Waals surface area contributed by atoms with E-state index in [2.05, 4.69) is 10.3 Å². The molecule has 0 aliphatic heterocycles. The first-order valence-corrected chi connectivity index (χ1v) is 5.65. The fourth-order valence-electron chi connectivity index (χ4n) is 1.54. The quantitative estimate of drug-likeness (QED) is 0.689. The second-order valence-corrected chi connectivity index (χ2v) is 4.08. The molecular weight excluding hydrogens is 265 g/mol. The van der Waals surface area contributed by atoms with Crippen LogP contribution < -0.4 is 5.32 Å². The molecule has 0 unspecified atom stereocenters. The molecule has 1 aromatic carbocycles. The van der Waals surface area contributed by atoms with E-state index in [9.17, 15) is 19.3 Å². The highest BCUT2D eigenvalue weighted by molar-refractivity contribution is 6.03. The highest BCUT2D eigenvalue weighted by Crippen LogP contribution is 2.14. The van der Waals surface area contributed by atoms with Crippen molar-refractivity contribution in [1.82, 2.24) is 4.98 Å². The van der Waals surface area contributed by atoms with E-state index in [0.29, 0.717) is 5.56 Å². The number of nitrogens with zero attached hydrogens (tertiary/aromatic N) is 2. The lowest BCUT2D eigenvalue weighted by molar-refractivity contribution is -0.385. The number of pyridine rings is 1. The monoisotopic (exact) mass is 275 g/mol. The molecule has 0 aliphatic rings. The average molecular weight is 275 g/mol. The summed E-state index contributed by atoms with van der Waals surface area (Å²) in [5.41, 5.74) is 0.471. The number of hydrogen-bond acceptors (Lipinski definition) is 4. The van der Waals surface area contributed by atoms with Crippen LogP contribution in [0.25, 0.3) is 0 Å². The third-order valence-electron chi connectivity index (χ3n) is 2.62. The molecule has 20 heavy (non-hydrogen) atoms. The van der Waals surface area contributed by atoms with Crippen LogP contribution in [-0.2, 0) is 0 Å². The van der Waals surface area contributed by atoms with E-state index in [0.717, 1.165) is 6.20 Å². The zero-order chi connectivity index (χ0) is 14.7. The van der Waals surface area contributed by atoms with Crippen LogP contribution in [0.2, 0.25) is 0 Å². The van der Waals surface area contributed by atoms with Crippen molar-refractivity contribution >= 4 is 17.4 Å². The van der Waals surface area contributed by atoms with Gasteiger partial charge >= 0.3 is 0 Å². The SMILES string of the molecule is Cc1cc(C(=O)Nc2ccc([N+](=O)[O-])cn2)ccc1F. The molecule has 0 bridgehead atoms. The van der Waals surface area contributed by atoms with Crippen LogP contribution in [-0.4, -0.2) is 15.8 Å². The number of hydrogen-bond donors (Lipinski definition) is 1. The Hall–Kier alpha value is -2.83. The van der Waals surface area contributed by atoms with E-state index in [1.165, 1.54) is 30.3 Å². The number of carbonyl (C=O) groups excluding carboxylic acids is 1. The molecule has 7 heteroatoms. The molecule has 1 N–H and O–H groups in total. The predicted molar refractivity (Wildman–Crippen MR) is 70.0 cm³/mol. The molecule has 2 aromatic rings. The van der Waals surface area contributed by atoms with Gasteiger partial charge in [-0.25, -0.2) is 9.37 Å². The average Bonchev–Trinajstić information content (AvgIpc) is 2.42.